The zero-order chi connectivity index (χ0) is 35.6. The van der Waals surface area contributed by atoms with Crippen LogP contribution >= 0.6 is 0 Å². The van der Waals surface area contributed by atoms with E-state index < -0.39 is 83.3 Å². The third-order valence-corrected chi connectivity index (χ3v) is 8.04. The third kappa shape index (κ3) is 7.01. The number of rotatable bonds is 9. The molecule has 256 valence electrons. The van der Waals surface area contributed by atoms with Gasteiger partial charge in [0.1, 0.15) is 34.9 Å². The fourth-order valence-electron chi connectivity index (χ4n) is 5.43. The Morgan fingerprint density at radius 2 is 1.94 bits per heavy atom. The summed E-state index contributed by atoms with van der Waals surface area (Å²) in [5.74, 6) is -8.38. The summed E-state index contributed by atoms with van der Waals surface area (Å²) < 4.78 is 34.2. The van der Waals surface area contributed by atoms with Crippen molar-refractivity contribution in [2.45, 2.75) is 25.3 Å². The van der Waals surface area contributed by atoms with Crippen LogP contribution in [-0.4, -0.2) is 104 Å². The number of halogens is 2. The lowest BCUT2D eigenvalue weighted by Gasteiger charge is -2.28. The minimum Gasteiger partial charge on any atom is -0.534 e. The van der Waals surface area contributed by atoms with Crippen molar-refractivity contribution in [1.29, 1.82) is 0 Å². The Morgan fingerprint density at radius 3 is 2.63 bits per heavy atom. The van der Waals surface area contributed by atoms with E-state index in [2.05, 4.69) is 20.6 Å². The molecule has 0 radical (unpaired) electrons. The van der Waals surface area contributed by atoms with Crippen molar-refractivity contribution in [3.63, 3.8) is 0 Å². The van der Waals surface area contributed by atoms with Crippen LogP contribution in [0.1, 0.15) is 43.4 Å². The number of fused-ring (bicyclic) bond motifs is 1. The van der Waals surface area contributed by atoms with Gasteiger partial charge in [0.25, 0.3) is 5.91 Å². The molecular weight excluding hydrogens is 651 g/mol. The van der Waals surface area contributed by atoms with Crippen LogP contribution in [0.15, 0.2) is 47.7 Å². The van der Waals surface area contributed by atoms with E-state index in [1.54, 1.807) is 12.1 Å². The van der Waals surface area contributed by atoms with Gasteiger partial charge in [-0.15, -0.1) is 0 Å². The fraction of sp³-hybridized carbons (Fsp3) is 0.267. The number of amides is 5. The summed E-state index contributed by atoms with van der Waals surface area (Å²) in [7, 11) is -1.83. The van der Waals surface area contributed by atoms with E-state index in [0.717, 1.165) is 17.0 Å². The number of imide groups is 1. The number of urea groups is 2. The number of aromatic carboxylic acids is 1. The highest BCUT2D eigenvalue weighted by molar-refractivity contribution is 6.47. The number of carboxylic acids is 1. The van der Waals surface area contributed by atoms with Crippen LogP contribution in [0.5, 0.6) is 17.2 Å². The topological polar surface area (TPSA) is 240 Å². The standard InChI is InChI=1S/C30H30BF2N7O9/c1-14-17(12-19(33)24(42)23(14)41)22(26(34)37-20-11-15-4-5-18(32)21(28(44)45)25(15)49-31(20)48)38-29(46)40-10-9-39(30(40)47)8-7-36-27(43)16-3-2-6-35-13-16/h2-6,12-13,20,22,41-42,48H,7-11H2,1H3,(H2,34,37)(H,36,43)(H,38,46)(H,44,45)/t20-,22?/m0/s1. The van der Waals surface area contributed by atoms with Crippen LogP contribution < -0.4 is 21.0 Å². The number of amidine groups is 1. The lowest BCUT2D eigenvalue weighted by molar-refractivity contribution is 0.0688. The summed E-state index contributed by atoms with van der Waals surface area (Å²) in [4.78, 5) is 60.8. The van der Waals surface area contributed by atoms with E-state index in [0.29, 0.717) is 5.56 Å². The molecule has 49 heavy (non-hydrogen) atoms. The van der Waals surface area contributed by atoms with Gasteiger partial charge in [-0.25, -0.2) is 28.1 Å². The summed E-state index contributed by atoms with van der Waals surface area (Å²) in [5.41, 5.74) is 5.76. The van der Waals surface area contributed by atoms with Gasteiger partial charge in [0, 0.05) is 44.1 Å². The average molecular weight is 681 g/mol. The van der Waals surface area contributed by atoms with E-state index in [-0.39, 0.29) is 49.3 Å². The lowest BCUT2D eigenvalue weighted by atomic mass is 9.72. The number of nitrogens with zero attached hydrogens (tertiary/aromatic N) is 4. The largest absolute Gasteiger partial charge is 0.549 e. The molecule has 5 rings (SSSR count). The van der Waals surface area contributed by atoms with Crippen LogP contribution in [0.25, 0.3) is 0 Å². The Balaban J connectivity index is 1.36. The van der Waals surface area contributed by atoms with Crippen LogP contribution in [0.3, 0.4) is 0 Å². The Kier molecular flexibility index (Phi) is 9.83. The van der Waals surface area contributed by atoms with Crippen molar-refractivity contribution in [2.24, 2.45) is 10.7 Å². The molecular formula is C30H30BF2N7O9. The molecule has 0 spiro atoms. The molecule has 2 aromatic carbocycles. The van der Waals surface area contributed by atoms with Gasteiger partial charge in [-0.1, -0.05) is 6.07 Å². The van der Waals surface area contributed by atoms with Crippen LogP contribution in [0.2, 0.25) is 0 Å². The van der Waals surface area contributed by atoms with Crippen LogP contribution in [0, 0.1) is 18.6 Å². The number of aliphatic imine (C=N–C) groups is 1. The minimum absolute atomic E-state index is 0.0618. The fourth-order valence-corrected chi connectivity index (χ4v) is 5.43. The predicted molar refractivity (Wildman–Crippen MR) is 167 cm³/mol. The molecule has 2 aliphatic heterocycles. The van der Waals surface area contributed by atoms with Gasteiger partial charge in [-0.2, -0.15) is 0 Å². The summed E-state index contributed by atoms with van der Waals surface area (Å²) in [5, 5.41) is 45.5. The quantitative estimate of drug-likeness (QED) is 0.0730. The molecule has 1 unspecified atom stereocenters. The average Bonchev–Trinajstić information content (AvgIpc) is 3.44. The van der Waals surface area contributed by atoms with Gasteiger partial charge in [0.2, 0.25) is 0 Å². The second-order valence-corrected chi connectivity index (χ2v) is 11.1. The minimum atomic E-state index is -1.83. The third-order valence-electron chi connectivity index (χ3n) is 8.04. The number of nitrogens with two attached hydrogens (primary N) is 1. The molecule has 0 aliphatic carbocycles. The second kappa shape index (κ2) is 14.0. The highest BCUT2D eigenvalue weighted by Crippen LogP contribution is 2.37. The number of carboxylic acid groups (broad SMARTS) is 1. The molecule has 3 heterocycles. The van der Waals surface area contributed by atoms with Gasteiger partial charge in [0.05, 0.1) is 5.56 Å². The molecule has 5 amide bonds. The molecule has 2 aliphatic rings. The maximum absolute atomic E-state index is 14.7. The normalized spacial score (nSPS) is 16.6. The molecule has 0 saturated carbocycles. The summed E-state index contributed by atoms with van der Waals surface area (Å²) >= 11 is 0. The molecule has 2 atom stereocenters. The van der Waals surface area contributed by atoms with Crippen LogP contribution in [0.4, 0.5) is 18.4 Å². The van der Waals surface area contributed by atoms with Gasteiger partial charge < -0.3 is 46.3 Å². The first-order valence-electron chi connectivity index (χ1n) is 14.8. The Hall–Kier alpha value is -5.98. The smallest absolute Gasteiger partial charge is 0.534 e. The van der Waals surface area contributed by atoms with Crippen molar-refractivity contribution in [1.82, 2.24) is 25.4 Å². The zero-order valence-corrected chi connectivity index (χ0v) is 25.8. The summed E-state index contributed by atoms with van der Waals surface area (Å²) in [6, 6.07) is 2.86. The van der Waals surface area contributed by atoms with E-state index in [4.69, 9.17) is 10.4 Å². The van der Waals surface area contributed by atoms with Gasteiger partial charge in [0.15, 0.2) is 17.3 Å². The van der Waals surface area contributed by atoms with Gasteiger partial charge in [-0.3, -0.25) is 14.8 Å². The Bertz CT molecular complexity index is 1850. The molecule has 3 aromatic rings. The molecule has 8 N–H and O–H groups in total. The lowest BCUT2D eigenvalue weighted by Crippen LogP contribution is -2.49. The first kappa shape index (κ1) is 34.4. The van der Waals surface area contributed by atoms with E-state index >= 15 is 0 Å². The molecule has 1 saturated heterocycles. The zero-order valence-electron chi connectivity index (χ0n) is 25.8. The number of carbonyl (C=O) groups excluding carboxylic acids is 3. The molecule has 16 nitrogen and oxygen atoms in total. The number of carbonyl (C=O) groups is 4. The van der Waals surface area contributed by atoms with Gasteiger partial charge in [-0.05, 0) is 48.7 Å². The Labute approximate surface area is 277 Å². The highest BCUT2D eigenvalue weighted by Gasteiger charge is 2.40. The predicted octanol–water partition coefficient (Wildman–Crippen LogP) is 1.08. The van der Waals surface area contributed by atoms with E-state index in [1.807, 2.05) is 0 Å². The van der Waals surface area contributed by atoms with Gasteiger partial charge >= 0.3 is 25.1 Å². The number of aromatic nitrogens is 1. The second-order valence-electron chi connectivity index (χ2n) is 11.1. The number of aromatic hydroxyl groups is 2. The summed E-state index contributed by atoms with van der Waals surface area (Å²) in [6.45, 7) is 1.47. The number of benzene rings is 2. The molecule has 0 bridgehead atoms. The molecule has 1 aromatic heterocycles. The van der Waals surface area contributed by atoms with E-state index in [9.17, 15) is 48.3 Å². The summed E-state index contributed by atoms with van der Waals surface area (Å²) in [6.07, 6.45) is 2.70. The van der Waals surface area contributed by atoms with Crippen molar-refractivity contribution in [2.75, 3.05) is 26.2 Å². The van der Waals surface area contributed by atoms with Crippen molar-refractivity contribution < 1.29 is 53.0 Å². The maximum Gasteiger partial charge on any atom is 0.549 e. The number of phenols is 2. The van der Waals surface area contributed by atoms with Crippen molar-refractivity contribution in [3.8, 4) is 17.2 Å². The monoisotopic (exact) mass is 681 g/mol. The SMILES string of the molecule is Cc1c(C(NC(=O)N2CCN(CCNC(=O)c3cccnc3)C2=O)/C(N)=N/[C@H]2Cc3ccc(F)c(C(=O)O)c3OB2O)cc(F)c(O)c1O. The first-order valence-corrected chi connectivity index (χ1v) is 14.8. The van der Waals surface area contributed by atoms with Crippen molar-refractivity contribution in [3.05, 3.63) is 82.2 Å². The Morgan fingerprint density at radius 1 is 1.18 bits per heavy atom. The number of nitrogens with one attached hydrogen (secondary N) is 2. The van der Waals surface area contributed by atoms with Crippen LogP contribution in [-0.2, 0) is 6.42 Å². The number of hydrogen-bond donors (Lipinski definition) is 7. The number of phenolic OH excluding ortho intramolecular Hbond substituents is 2. The van der Waals surface area contributed by atoms with E-state index in [1.165, 1.54) is 30.3 Å². The van der Waals surface area contributed by atoms with Crippen molar-refractivity contribution >= 4 is 36.9 Å². The number of hydrogen-bond acceptors (Lipinski definition) is 10. The molecule has 1 fully saturated rings. The number of pyridine rings is 1. The maximum atomic E-state index is 14.7. The first-order chi connectivity index (χ1) is 23.3. The molecule has 19 heteroatoms. The highest BCUT2D eigenvalue weighted by atomic mass is 19.1.